The molecular formula is C18H17FN2O5. The van der Waals surface area contributed by atoms with E-state index in [1.54, 1.807) is 24.3 Å². The first kappa shape index (κ1) is 18.9. The Morgan fingerprint density at radius 2 is 1.65 bits per heavy atom. The Labute approximate surface area is 149 Å². The Hall–Kier alpha value is -3.42. The van der Waals surface area contributed by atoms with Crippen LogP contribution in [0, 0.1) is 5.82 Å². The summed E-state index contributed by atoms with van der Waals surface area (Å²) in [6.45, 7) is -0.899. The van der Waals surface area contributed by atoms with Gasteiger partial charge in [-0.05, 0) is 48.5 Å². The lowest BCUT2D eigenvalue weighted by molar-refractivity contribution is -0.146. The van der Waals surface area contributed by atoms with Gasteiger partial charge in [-0.2, -0.15) is 0 Å². The molecule has 0 spiro atoms. The van der Waals surface area contributed by atoms with Gasteiger partial charge in [-0.25, -0.2) is 4.39 Å². The van der Waals surface area contributed by atoms with E-state index in [9.17, 15) is 18.8 Å². The number of esters is 1. The van der Waals surface area contributed by atoms with Crippen molar-refractivity contribution in [2.24, 2.45) is 0 Å². The minimum absolute atomic E-state index is 0.205. The Balaban J connectivity index is 1.71. The van der Waals surface area contributed by atoms with Crippen molar-refractivity contribution in [3.8, 4) is 5.75 Å². The number of rotatable bonds is 7. The van der Waals surface area contributed by atoms with Crippen molar-refractivity contribution < 1.29 is 28.2 Å². The van der Waals surface area contributed by atoms with E-state index < -0.39 is 36.8 Å². The van der Waals surface area contributed by atoms with Crippen LogP contribution in [0.2, 0.25) is 0 Å². The Kier molecular flexibility index (Phi) is 6.67. The third kappa shape index (κ3) is 5.90. The van der Waals surface area contributed by atoms with Gasteiger partial charge in [-0.3, -0.25) is 14.4 Å². The first-order valence-corrected chi connectivity index (χ1v) is 7.61. The lowest BCUT2D eigenvalue weighted by Gasteiger charge is -2.08. The molecule has 2 aromatic carbocycles. The highest BCUT2D eigenvalue weighted by atomic mass is 19.1. The molecule has 2 rings (SSSR count). The number of methoxy groups -OCH3 is 1. The van der Waals surface area contributed by atoms with Gasteiger partial charge >= 0.3 is 5.97 Å². The van der Waals surface area contributed by atoms with E-state index in [2.05, 4.69) is 10.6 Å². The fraction of sp³-hybridized carbons (Fsp3) is 0.167. The number of hydrogen-bond donors (Lipinski definition) is 2. The maximum Gasteiger partial charge on any atom is 0.325 e. The van der Waals surface area contributed by atoms with E-state index in [1.165, 1.54) is 19.2 Å². The normalized spacial score (nSPS) is 9.92. The molecule has 26 heavy (non-hydrogen) atoms. The number of amides is 2. The van der Waals surface area contributed by atoms with Crippen LogP contribution in [0.15, 0.2) is 48.5 Å². The number of carbonyl (C=O) groups is 3. The van der Waals surface area contributed by atoms with Crippen LogP contribution < -0.4 is 15.4 Å². The van der Waals surface area contributed by atoms with Crippen LogP contribution in [0.4, 0.5) is 10.1 Å². The molecular weight excluding hydrogens is 343 g/mol. The second kappa shape index (κ2) is 9.16. The molecule has 0 unspecified atom stereocenters. The lowest BCUT2D eigenvalue weighted by atomic mass is 10.2. The van der Waals surface area contributed by atoms with E-state index in [4.69, 9.17) is 9.47 Å². The molecule has 0 bridgehead atoms. The standard InChI is InChI=1S/C18H17FN2O5/c1-25-15-8-6-14(7-9-15)21-16(22)11-26-17(23)10-20-18(24)12-2-4-13(19)5-3-12/h2-9H,10-11H2,1H3,(H,20,24)(H,21,22). The fourth-order valence-corrected chi connectivity index (χ4v) is 1.92. The van der Waals surface area contributed by atoms with Crippen LogP contribution >= 0.6 is 0 Å². The molecule has 2 N–H and O–H groups in total. The number of hydrogen-bond acceptors (Lipinski definition) is 5. The molecule has 2 amide bonds. The van der Waals surface area contributed by atoms with E-state index >= 15 is 0 Å². The van der Waals surface area contributed by atoms with Gasteiger partial charge in [-0.15, -0.1) is 0 Å². The quantitative estimate of drug-likeness (QED) is 0.734. The first-order valence-electron chi connectivity index (χ1n) is 7.61. The highest BCUT2D eigenvalue weighted by Crippen LogP contribution is 2.14. The molecule has 2 aromatic rings. The van der Waals surface area contributed by atoms with Crippen molar-refractivity contribution in [3.05, 3.63) is 59.9 Å². The Bertz CT molecular complexity index is 775. The van der Waals surface area contributed by atoms with E-state index in [0.29, 0.717) is 11.4 Å². The molecule has 0 aromatic heterocycles. The highest BCUT2D eigenvalue weighted by molar-refractivity contribution is 5.96. The summed E-state index contributed by atoms with van der Waals surface area (Å²) in [4.78, 5) is 35.1. The molecule has 0 saturated heterocycles. The molecule has 0 aliphatic carbocycles. The number of halogens is 1. The molecule has 8 heteroatoms. The minimum atomic E-state index is -0.773. The second-order valence-electron chi connectivity index (χ2n) is 5.13. The van der Waals surface area contributed by atoms with Gasteiger partial charge in [0.15, 0.2) is 6.61 Å². The average Bonchev–Trinajstić information content (AvgIpc) is 2.65. The minimum Gasteiger partial charge on any atom is -0.497 e. The highest BCUT2D eigenvalue weighted by Gasteiger charge is 2.11. The molecule has 0 aliphatic rings. The van der Waals surface area contributed by atoms with Crippen LogP contribution in [0.25, 0.3) is 0 Å². The zero-order valence-corrected chi connectivity index (χ0v) is 14.0. The topological polar surface area (TPSA) is 93.7 Å². The first-order chi connectivity index (χ1) is 12.5. The van der Waals surface area contributed by atoms with Crippen molar-refractivity contribution in [2.75, 3.05) is 25.6 Å². The van der Waals surface area contributed by atoms with Gasteiger partial charge < -0.3 is 20.1 Å². The van der Waals surface area contributed by atoms with Crippen LogP contribution in [0.3, 0.4) is 0 Å². The molecule has 0 heterocycles. The van der Waals surface area contributed by atoms with Gasteiger partial charge in [0.25, 0.3) is 11.8 Å². The zero-order valence-electron chi connectivity index (χ0n) is 14.0. The Morgan fingerprint density at radius 1 is 1.00 bits per heavy atom. The lowest BCUT2D eigenvalue weighted by Crippen LogP contribution is -2.32. The van der Waals surface area contributed by atoms with Gasteiger partial charge in [0.1, 0.15) is 18.1 Å². The molecule has 0 saturated carbocycles. The number of ether oxygens (including phenoxy) is 2. The Morgan fingerprint density at radius 3 is 2.27 bits per heavy atom. The number of nitrogens with one attached hydrogen (secondary N) is 2. The van der Waals surface area contributed by atoms with Gasteiger partial charge in [0.05, 0.1) is 7.11 Å². The van der Waals surface area contributed by atoms with E-state index in [0.717, 1.165) is 12.1 Å². The number of anilines is 1. The van der Waals surface area contributed by atoms with Gasteiger partial charge in [0.2, 0.25) is 0 Å². The molecule has 7 nitrogen and oxygen atoms in total. The van der Waals surface area contributed by atoms with Crippen LogP contribution in [-0.4, -0.2) is 38.0 Å². The van der Waals surface area contributed by atoms with Crippen LogP contribution in [-0.2, 0) is 14.3 Å². The molecule has 0 radical (unpaired) electrons. The van der Waals surface area contributed by atoms with Crippen LogP contribution in [0.1, 0.15) is 10.4 Å². The number of benzene rings is 2. The van der Waals surface area contributed by atoms with Gasteiger partial charge in [-0.1, -0.05) is 0 Å². The smallest absolute Gasteiger partial charge is 0.325 e. The van der Waals surface area contributed by atoms with Crippen molar-refractivity contribution in [1.82, 2.24) is 5.32 Å². The summed E-state index contributed by atoms with van der Waals surface area (Å²) < 4.78 is 22.6. The average molecular weight is 360 g/mol. The SMILES string of the molecule is COc1ccc(NC(=O)COC(=O)CNC(=O)c2ccc(F)cc2)cc1. The summed E-state index contributed by atoms with van der Waals surface area (Å²) in [5, 5.41) is 4.87. The number of carbonyl (C=O) groups excluding carboxylic acids is 3. The largest absolute Gasteiger partial charge is 0.497 e. The summed E-state index contributed by atoms with van der Waals surface area (Å²) in [6, 6.07) is 11.5. The maximum absolute atomic E-state index is 12.8. The van der Waals surface area contributed by atoms with Crippen molar-refractivity contribution in [2.45, 2.75) is 0 Å². The van der Waals surface area contributed by atoms with E-state index in [-0.39, 0.29) is 5.56 Å². The maximum atomic E-state index is 12.8. The third-order valence-electron chi connectivity index (χ3n) is 3.24. The van der Waals surface area contributed by atoms with Crippen molar-refractivity contribution in [1.29, 1.82) is 0 Å². The van der Waals surface area contributed by atoms with Crippen molar-refractivity contribution in [3.63, 3.8) is 0 Å². The predicted octanol–water partition coefficient (Wildman–Crippen LogP) is 1.75. The van der Waals surface area contributed by atoms with Crippen molar-refractivity contribution >= 4 is 23.5 Å². The summed E-state index contributed by atoms with van der Waals surface area (Å²) in [7, 11) is 1.53. The summed E-state index contributed by atoms with van der Waals surface area (Å²) in [5.41, 5.74) is 0.730. The van der Waals surface area contributed by atoms with Crippen LogP contribution in [0.5, 0.6) is 5.75 Å². The summed E-state index contributed by atoms with van der Waals surface area (Å²) in [6.07, 6.45) is 0. The molecule has 0 aliphatic heterocycles. The third-order valence-corrected chi connectivity index (χ3v) is 3.24. The zero-order chi connectivity index (χ0) is 18.9. The summed E-state index contributed by atoms with van der Waals surface area (Å²) in [5.74, 6) is -1.67. The second-order valence-corrected chi connectivity index (χ2v) is 5.13. The summed E-state index contributed by atoms with van der Waals surface area (Å²) >= 11 is 0. The van der Waals surface area contributed by atoms with Gasteiger partial charge in [0, 0.05) is 11.3 Å². The monoisotopic (exact) mass is 360 g/mol. The molecule has 0 atom stereocenters. The molecule has 0 fully saturated rings. The molecule has 136 valence electrons. The van der Waals surface area contributed by atoms with E-state index in [1.807, 2.05) is 0 Å². The fourth-order valence-electron chi connectivity index (χ4n) is 1.92. The predicted molar refractivity (Wildman–Crippen MR) is 91.3 cm³/mol.